The number of thioether (sulfide) groups is 1. The SMILES string of the molecule is NC(=O)NC(=O)CCSc1ccccc1Cl. The lowest BCUT2D eigenvalue weighted by molar-refractivity contribution is -0.119. The standard InChI is InChI=1S/C10H11ClN2O2S/c11-7-3-1-2-4-8(7)16-6-5-9(14)13-10(12)15/h1-4H,5-6H2,(H3,12,13,14,15). The molecule has 1 aromatic rings. The minimum atomic E-state index is -0.826. The Bertz CT molecular complexity index is 398. The lowest BCUT2D eigenvalue weighted by Crippen LogP contribution is -2.35. The summed E-state index contributed by atoms with van der Waals surface area (Å²) < 4.78 is 0. The van der Waals surface area contributed by atoms with Crippen LogP contribution in [0, 0.1) is 0 Å². The van der Waals surface area contributed by atoms with Crippen LogP contribution in [0.4, 0.5) is 4.79 Å². The Morgan fingerprint density at radius 3 is 2.69 bits per heavy atom. The topological polar surface area (TPSA) is 72.2 Å². The van der Waals surface area contributed by atoms with E-state index >= 15 is 0 Å². The molecule has 0 aromatic heterocycles. The van der Waals surface area contributed by atoms with E-state index in [4.69, 9.17) is 17.3 Å². The highest BCUT2D eigenvalue weighted by atomic mass is 35.5. The van der Waals surface area contributed by atoms with Gasteiger partial charge in [-0.1, -0.05) is 23.7 Å². The van der Waals surface area contributed by atoms with Crippen LogP contribution in [0.1, 0.15) is 6.42 Å². The lowest BCUT2D eigenvalue weighted by atomic mass is 10.4. The number of halogens is 1. The molecule has 0 aliphatic carbocycles. The summed E-state index contributed by atoms with van der Waals surface area (Å²) in [6.07, 6.45) is 0.221. The quantitative estimate of drug-likeness (QED) is 0.812. The maximum absolute atomic E-state index is 11.1. The fourth-order valence-electron chi connectivity index (χ4n) is 1.02. The summed E-state index contributed by atoms with van der Waals surface area (Å²) in [4.78, 5) is 22.3. The van der Waals surface area contributed by atoms with Crippen molar-refractivity contribution in [3.63, 3.8) is 0 Å². The molecule has 6 heteroatoms. The number of hydrogen-bond donors (Lipinski definition) is 2. The van der Waals surface area contributed by atoms with Gasteiger partial charge in [0.1, 0.15) is 0 Å². The molecule has 16 heavy (non-hydrogen) atoms. The molecule has 3 amide bonds. The van der Waals surface area contributed by atoms with Gasteiger partial charge in [-0.25, -0.2) is 4.79 Å². The van der Waals surface area contributed by atoms with E-state index in [0.29, 0.717) is 10.8 Å². The van der Waals surface area contributed by atoms with E-state index < -0.39 is 6.03 Å². The number of amides is 3. The van der Waals surface area contributed by atoms with E-state index in [9.17, 15) is 9.59 Å². The van der Waals surface area contributed by atoms with Crippen molar-refractivity contribution >= 4 is 35.3 Å². The minimum absolute atomic E-state index is 0.221. The normalized spacial score (nSPS) is 9.81. The van der Waals surface area contributed by atoms with Crippen LogP contribution in [-0.2, 0) is 4.79 Å². The number of primary amides is 1. The summed E-state index contributed by atoms with van der Waals surface area (Å²) in [5.74, 6) is 0.162. The van der Waals surface area contributed by atoms with E-state index in [0.717, 1.165) is 4.90 Å². The maximum atomic E-state index is 11.1. The van der Waals surface area contributed by atoms with Gasteiger partial charge in [0.2, 0.25) is 5.91 Å². The monoisotopic (exact) mass is 258 g/mol. The molecule has 0 unspecified atom stereocenters. The van der Waals surface area contributed by atoms with Gasteiger partial charge in [-0.2, -0.15) is 0 Å². The second-order valence-electron chi connectivity index (χ2n) is 2.94. The molecule has 3 N–H and O–H groups in total. The molecular formula is C10H11ClN2O2S. The molecule has 0 saturated heterocycles. The first-order valence-electron chi connectivity index (χ1n) is 4.56. The Morgan fingerprint density at radius 2 is 2.06 bits per heavy atom. The number of carbonyl (C=O) groups is 2. The van der Waals surface area contributed by atoms with Crippen molar-refractivity contribution in [2.24, 2.45) is 5.73 Å². The highest BCUT2D eigenvalue weighted by Gasteiger charge is 2.05. The summed E-state index contributed by atoms with van der Waals surface area (Å²) in [7, 11) is 0. The Morgan fingerprint density at radius 1 is 1.38 bits per heavy atom. The molecule has 1 aromatic carbocycles. The van der Waals surface area contributed by atoms with Crippen LogP contribution >= 0.6 is 23.4 Å². The zero-order valence-corrected chi connectivity index (χ0v) is 9.98. The fraction of sp³-hybridized carbons (Fsp3) is 0.200. The van der Waals surface area contributed by atoms with Crippen molar-refractivity contribution in [3.8, 4) is 0 Å². The zero-order valence-electron chi connectivity index (χ0n) is 8.40. The average Bonchev–Trinajstić information content (AvgIpc) is 2.19. The first kappa shape index (κ1) is 12.9. The van der Waals surface area contributed by atoms with Crippen LogP contribution in [0.15, 0.2) is 29.2 Å². The highest BCUT2D eigenvalue weighted by Crippen LogP contribution is 2.26. The number of rotatable bonds is 4. The Hall–Kier alpha value is -1.20. The summed E-state index contributed by atoms with van der Waals surface area (Å²) >= 11 is 7.39. The fourth-order valence-corrected chi connectivity index (χ4v) is 2.20. The van der Waals surface area contributed by atoms with Crippen LogP contribution in [0.2, 0.25) is 5.02 Å². The molecule has 0 aliphatic heterocycles. The van der Waals surface area contributed by atoms with Crippen LogP contribution < -0.4 is 11.1 Å². The number of urea groups is 1. The van der Waals surface area contributed by atoms with Gasteiger partial charge in [-0.05, 0) is 12.1 Å². The second-order valence-corrected chi connectivity index (χ2v) is 4.49. The van der Waals surface area contributed by atoms with Crippen molar-refractivity contribution in [1.82, 2.24) is 5.32 Å². The molecule has 4 nitrogen and oxygen atoms in total. The van der Waals surface area contributed by atoms with Crippen LogP contribution in [-0.4, -0.2) is 17.7 Å². The minimum Gasteiger partial charge on any atom is -0.351 e. The van der Waals surface area contributed by atoms with E-state index in [1.807, 2.05) is 23.5 Å². The van der Waals surface area contributed by atoms with Crippen LogP contribution in [0.3, 0.4) is 0 Å². The summed E-state index contributed by atoms with van der Waals surface area (Å²) in [5.41, 5.74) is 4.80. The molecule has 0 radical (unpaired) electrons. The largest absolute Gasteiger partial charge is 0.351 e. The summed E-state index contributed by atoms with van der Waals surface area (Å²) in [6.45, 7) is 0. The second kappa shape index (κ2) is 6.40. The van der Waals surface area contributed by atoms with Crippen molar-refractivity contribution in [3.05, 3.63) is 29.3 Å². The van der Waals surface area contributed by atoms with E-state index in [-0.39, 0.29) is 12.3 Å². The zero-order chi connectivity index (χ0) is 12.0. The third-order valence-corrected chi connectivity index (χ3v) is 3.20. The number of nitrogens with one attached hydrogen (secondary N) is 1. The predicted octanol–water partition coefficient (Wildman–Crippen LogP) is 2.02. The molecule has 1 rings (SSSR count). The third-order valence-electron chi connectivity index (χ3n) is 1.69. The Kier molecular flexibility index (Phi) is 5.14. The third kappa shape index (κ3) is 4.55. The van der Waals surface area contributed by atoms with Crippen molar-refractivity contribution in [2.45, 2.75) is 11.3 Å². The number of benzene rings is 1. The molecule has 0 aliphatic rings. The lowest BCUT2D eigenvalue weighted by Gasteiger charge is -2.03. The van der Waals surface area contributed by atoms with Crippen molar-refractivity contribution < 1.29 is 9.59 Å². The first-order valence-corrected chi connectivity index (χ1v) is 5.92. The van der Waals surface area contributed by atoms with E-state index in [2.05, 4.69) is 0 Å². The highest BCUT2D eigenvalue weighted by molar-refractivity contribution is 7.99. The molecule has 0 saturated carbocycles. The number of hydrogen-bond acceptors (Lipinski definition) is 3. The summed E-state index contributed by atoms with van der Waals surface area (Å²) in [6, 6.07) is 6.55. The number of carbonyl (C=O) groups excluding carboxylic acids is 2. The maximum Gasteiger partial charge on any atom is 0.318 e. The molecular weight excluding hydrogens is 248 g/mol. The molecule has 0 bridgehead atoms. The predicted molar refractivity (Wildman–Crippen MR) is 64.5 cm³/mol. The van der Waals surface area contributed by atoms with E-state index in [1.54, 1.807) is 6.07 Å². The molecule has 0 heterocycles. The molecule has 86 valence electrons. The number of imide groups is 1. The van der Waals surface area contributed by atoms with Crippen LogP contribution in [0.25, 0.3) is 0 Å². The van der Waals surface area contributed by atoms with Gasteiger partial charge < -0.3 is 5.73 Å². The van der Waals surface area contributed by atoms with Crippen molar-refractivity contribution in [2.75, 3.05) is 5.75 Å². The van der Waals surface area contributed by atoms with E-state index in [1.165, 1.54) is 11.8 Å². The van der Waals surface area contributed by atoms with Gasteiger partial charge >= 0.3 is 6.03 Å². The average molecular weight is 259 g/mol. The summed E-state index contributed by atoms with van der Waals surface area (Å²) in [5, 5.41) is 2.65. The van der Waals surface area contributed by atoms with Gasteiger partial charge in [-0.3, -0.25) is 10.1 Å². The smallest absolute Gasteiger partial charge is 0.318 e. The van der Waals surface area contributed by atoms with Crippen LogP contribution in [0.5, 0.6) is 0 Å². The number of nitrogens with two attached hydrogens (primary N) is 1. The van der Waals surface area contributed by atoms with Gasteiger partial charge in [0.25, 0.3) is 0 Å². The molecule has 0 fully saturated rings. The van der Waals surface area contributed by atoms with Gasteiger partial charge in [0.15, 0.2) is 0 Å². The Balaban J connectivity index is 2.33. The van der Waals surface area contributed by atoms with Gasteiger partial charge in [0, 0.05) is 17.1 Å². The Labute approximate surface area is 103 Å². The van der Waals surface area contributed by atoms with Gasteiger partial charge in [0.05, 0.1) is 5.02 Å². The van der Waals surface area contributed by atoms with Crippen molar-refractivity contribution in [1.29, 1.82) is 0 Å². The first-order chi connectivity index (χ1) is 7.59. The molecule has 0 spiro atoms. The molecule has 0 atom stereocenters. The van der Waals surface area contributed by atoms with Gasteiger partial charge in [-0.15, -0.1) is 11.8 Å².